The number of rotatable bonds is 4. The van der Waals surface area contributed by atoms with Gasteiger partial charge in [-0.05, 0) is 56.8 Å². The van der Waals surface area contributed by atoms with Crippen molar-refractivity contribution >= 4 is 0 Å². The summed E-state index contributed by atoms with van der Waals surface area (Å²) in [5.41, 5.74) is 6.96. The van der Waals surface area contributed by atoms with E-state index in [4.69, 9.17) is 5.73 Å². The van der Waals surface area contributed by atoms with Gasteiger partial charge >= 0.3 is 0 Å². The third-order valence-corrected chi connectivity index (χ3v) is 4.05. The summed E-state index contributed by atoms with van der Waals surface area (Å²) in [5.74, 6) is 0.472. The summed E-state index contributed by atoms with van der Waals surface area (Å²) in [4.78, 5) is 2.53. The first-order valence-corrected chi connectivity index (χ1v) is 6.80. The van der Waals surface area contributed by atoms with Crippen molar-refractivity contribution in [3.05, 3.63) is 35.6 Å². The Hall–Kier alpha value is -0.930. The van der Waals surface area contributed by atoms with Gasteiger partial charge in [0.25, 0.3) is 0 Å². The Bertz CT molecular complexity index is 377. The van der Waals surface area contributed by atoms with Crippen LogP contribution in [0, 0.1) is 11.7 Å². The maximum absolute atomic E-state index is 12.9. The van der Waals surface area contributed by atoms with Crippen LogP contribution in [0.4, 0.5) is 4.39 Å². The van der Waals surface area contributed by atoms with Crippen LogP contribution < -0.4 is 5.73 Å². The van der Waals surface area contributed by atoms with Crippen molar-refractivity contribution in [3.8, 4) is 0 Å². The van der Waals surface area contributed by atoms with Gasteiger partial charge < -0.3 is 5.73 Å². The second-order valence-corrected chi connectivity index (χ2v) is 5.56. The normalized spacial score (nSPS) is 26.4. The van der Waals surface area contributed by atoms with Crippen molar-refractivity contribution in [2.75, 3.05) is 13.1 Å². The van der Waals surface area contributed by atoms with Crippen molar-refractivity contribution in [2.24, 2.45) is 11.7 Å². The molecule has 0 aromatic heterocycles. The molecule has 0 saturated carbocycles. The van der Waals surface area contributed by atoms with Gasteiger partial charge in [-0.15, -0.1) is 0 Å². The first kappa shape index (κ1) is 13.5. The zero-order valence-electron chi connectivity index (χ0n) is 11.3. The predicted molar refractivity (Wildman–Crippen MR) is 72.9 cm³/mol. The molecule has 1 saturated heterocycles. The molecule has 1 aromatic rings. The Morgan fingerprint density at radius 2 is 2.06 bits per heavy atom. The van der Waals surface area contributed by atoms with E-state index in [0.29, 0.717) is 18.0 Å². The number of nitrogens with zero attached hydrogens (tertiary/aromatic N) is 1. The zero-order valence-corrected chi connectivity index (χ0v) is 11.3. The largest absolute Gasteiger partial charge is 0.330 e. The molecule has 18 heavy (non-hydrogen) atoms. The molecule has 1 aliphatic heterocycles. The second kappa shape index (κ2) is 5.81. The second-order valence-electron chi connectivity index (χ2n) is 5.56. The molecule has 0 bridgehead atoms. The van der Waals surface area contributed by atoms with E-state index in [1.54, 1.807) is 0 Å². The van der Waals surface area contributed by atoms with E-state index < -0.39 is 0 Å². The van der Waals surface area contributed by atoms with Crippen LogP contribution in [-0.4, -0.2) is 30.1 Å². The molecule has 1 aliphatic rings. The average Bonchev–Trinajstić information content (AvgIpc) is 2.73. The summed E-state index contributed by atoms with van der Waals surface area (Å²) in [5, 5.41) is 0. The van der Waals surface area contributed by atoms with Crippen molar-refractivity contribution in [1.29, 1.82) is 0 Å². The van der Waals surface area contributed by atoms with Crippen LogP contribution >= 0.6 is 0 Å². The fourth-order valence-electron chi connectivity index (χ4n) is 3.03. The summed E-state index contributed by atoms with van der Waals surface area (Å²) < 4.78 is 12.9. The minimum absolute atomic E-state index is 0.163. The molecule has 1 heterocycles. The van der Waals surface area contributed by atoms with E-state index in [1.165, 1.54) is 24.1 Å². The average molecular weight is 250 g/mol. The molecule has 2 nitrogen and oxygen atoms in total. The van der Waals surface area contributed by atoms with Crippen LogP contribution in [0.3, 0.4) is 0 Å². The molecule has 1 fully saturated rings. The zero-order chi connectivity index (χ0) is 13.1. The lowest BCUT2D eigenvalue weighted by molar-refractivity contribution is 0.198. The molecule has 0 radical (unpaired) electrons. The van der Waals surface area contributed by atoms with E-state index in [0.717, 1.165) is 19.5 Å². The Kier molecular flexibility index (Phi) is 4.36. The first-order valence-electron chi connectivity index (χ1n) is 6.80. The fraction of sp³-hybridized carbons (Fsp3) is 0.600. The molecule has 1 aromatic carbocycles. The minimum atomic E-state index is -0.163. The van der Waals surface area contributed by atoms with Crippen molar-refractivity contribution in [3.63, 3.8) is 0 Å². The molecule has 3 unspecified atom stereocenters. The molecule has 2 N–H and O–H groups in total. The molecule has 100 valence electrons. The molecule has 0 amide bonds. The van der Waals surface area contributed by atoms with Gasteiger partial charge in [0.05, 0.1) is 0 Å². The number of hydrogen-bond donors (Lipinski definition) is 1. The van der Waals surface area contributed by atoms with E-state index in [-0.39, 0.29) is 5.82 Å². The summed E-state index contributed by atoms with van der Waals surface area (Å²) >= 11 is 0. The molecule has 3 atom stereocenters. The van der Waals surface area contributed by atoms with Crippen LogP contribution in [0.25, 0.3) is 0 Å². The minimum Gasteiger partial charge on any atom is -0.330 e. The van der Waals surface area contributed by atoms with Gasteiger partial charge in [0.1, 0.15) is 5.82 Å². The third kappa shape index (κ3) is 3.09. The monoisotopic (exact) mass is 250 g/mol. The molecular formula is C15H23FN2. The molecule has 2 rings (SSSR count). The lowest BCUT2D eigenvalue weighted by atomic mass is 10.1. The standard InChI is InChI=1S/C15H23FN2/c1-11(7-13-3-5-15(16)6-4-13)18-10-14(9-17)8-12(18)2/h3-6,11-12,14H,7-10,17H2,1-2H3. The Morgan fingerprint density at radius 3 is 2.61 bits per heavy atom. The van der Waals surface area contributed by atoms with Gasteiger partial charge in [0.2, 0.25) is 0 Å². The quantitative estimate of drug-likeness (QED) is 0.889. The third-order valence-electron chi connectivity index (χ3n) is 4.05. The molecule has 0 aliphatic carbocycles. The number of hydrogen-bond acceptors (Lipinski definition) is 2. The van der Waals surface area contributed by atoms with E-state index >= 15 is 0 Å². The van der Waals surface area contributed by atoms with Crippen molar-refractivity contribution in [1.82, 2.24) is 4.90 Å². The van der Waals surface area contributed by atoms with E-state index in [9.17, 15) is 4.39 Å². The number of nitrogens with two attached hydrogens (primary N) is 1. The highest BCUT2D eigenvalue weighted by Gasteiger charge is 2.31. The number of benzene rings is 1. The van der Waals surface area contributed by atoms with Crippen LogP contribution in [0.15, 0.2) is 24.3 Å². The Morgan fingerprint density at radius 1 is 1.39 bits per heavy atom. The number of likely N-dealkylation sites (tertiary alicyclic amines) is 1. The highest BCUT2D eigenvalue weighted by Crippen LogP contribution is 2.25. The topological polar surface area (TPSA) is 29.3 Å². The fourth-order valence-corrected chi connectivity index (χ4v) is 3.03. The van der Waals surface area contributed by atoms with Gasteiger partial charge in [-0.1, -0.05) is 12.1 Å². The van der Waals surface area contributed by atoms with Crippen LogP contribution in [-0.2, 0) is 6.42 Å². The van der Waals surface area contributed by atoms with Crippen molar-refractivity contribution in [2.45, 2.75) is 38.8 Å². The lowest BCUT2D eigenvalue weighted by Crippen LogP contribution is -2.37. The van der Waals surface area contributed by atoms with Gasteiger partial charge in [0, 0.05) is 18.6 Å². The van der Waals surface area contributed by atoms with Gasteiger partial charge in [0.15, 0.2) is 0 Å². The van der Waals surface area contributed by atoms with Crippen molar-refractivity contribution < 1.29 is 4.39 Å². The number of halogens is 1. The van der Waals surface area contributed by atoms with E-state index in [2.05, 4.69) is 18.7 Å². The highest BCUT2D eigenvalue weighted by atomic mass is 19.1. The van der Waals surface area contributed by atoms with E-state index in [1.807, 2.05) is 12.1 Å². The van der Waals surface area contributed by atoms with Gasteiger partial charge in [-0.25, -0.2) is 4.39 Å². The van der Waals surface area contributed by atoms with Crippen LogP contribution in [0.5, 0.6) is 0 Å². The van der Waals surface area contributed by atoms with Gasteiger partial charge in [-0.3, -0.25) is 4.90 Å². The lowest BCUT2D eigenvalue weighted by Gasteiger charge is -2.28. The summed E-state index contributed by atoms with van der Waals surface area (Å²) in [6.45, 7) is 6.40. The first-order chi connectivity index (χ1) is 8.60. The Balaban J connectivity index is 1.95. The molecule has 0 spiro atoms. The van der Waals surface area contributed by atoms with Crippen LogP contribution in [0.2, 0.25) is 0 Å². The summed E-state index contributed by atoms with van der Waals surface area (Å²) in [6, 6.07) is 7.94. The Labute approximate surface area is 109 Å². The smallest absolute Gasteiger partial charge is 0.123 e. The maximum atomic E-state index is 12.9. The predicted octanol–water partition coefficient (Wildman–Crippen LogP) is 2.43. The summed E-state index contributed by atoms with van der Waals surface area (Å²) in [7, 11) is 0. The van der Waals surface area contributed by atoms with Crippen LogP contribution in [0.1, 0.15) is 25.8 Å². The molecule has 3 heteroatoms. The maximum Gasteiger partial charge on any atom is 0.123 e. The molecular weight excluding hydrogens is 227 g/mol. The van der Waals surface area contributed by atoms with Gasteiger partial charge in [-0.2, -0.15) is 0 Å². The SMILES string of the molecule is CC(Cc1ccc(F)cc1)N1CC(CN)CC1C. The highest BCUT2D eigenvalue weighted by molar-refractivity contribution is 5.17. The summed E-state index contributed by atoms with van der Waals surface area (Å²) in [6.07, 6.45) is 2.17.